The van der Waals surface area contributed by atoms with E-state index in [1.54, 1.807) is 12.4 Å². The van der Waals surface area contributed by atoms with Crippen LogP contribution in [-0.4, -0.2) is 20.8 Å². The van der Waals surface area contributed by atoms with Gasteiger partial charge in [-0.25, -0.2) is 4.98 Å². The molecule has 0 aliphatic heterocycles. The molecule has 0 unspecified atom stereocenters. The molecule has 2 rings (SSSR count). The number of nitro groups is 1. The maximum atomic E-state index is 11.9. The topological polar surface area (TPSA) is 101 Å². The molecule has 0 aliphatic rings. The summed E-state index contributed by atoms with van der Waals surface area (Å²) in [5, 5.41) is 13.4. The molecule has 0 saturated heterocycles. The Bertz CT molecular complexity index is 612. The summed E-state index contributed by atoms with van der Waals surface area (Å²) in [7, 11) is 0. The SMILES string of the molecule is O=C(NCc1ncc[nH]1)c1cccc(Cl)c1[N+](=O)[O-]. The zero-order chi connectivity index (χ0) is 13.8. The molecule has 0 spiro atoms. The van der Waals surface area contributed by atoms with Gasteiger partial charge in [-0.15, -0.1) is 0 Å². The second-order valence-corrected chi connectivity index (χ2v) is 4.02. The first-order valence-electron chi connectivity index (χ1n) is 5.29. The van der Waals surface area contributed by atoms with Gasteiger partial charge in [-0.05, 0) is 12.1 Å². The zero-order valence-corrected chi connectivity index (χ0v) is 10.3. The molecule has 1 aromatic carbocycles. The number of nitro benzene ring substituents is 1. The number of hydrogen-bond acceptors (Lipinski definition) is 4. The van der Waals surface area contributed by atoms with Crippen molar-refractivity contribution in [3.05, 3.63) is 57.1 Å². The van der Waals surface area contributed by atoms with E-state index in [-0.39, 0.29) is 17.1 Å². The molecule has 1 aromatic heterocycles. The van der Waals surface area contributed by atoms with Gasteiger partial charge in [0.1, 0.15) is 16.4 Å². The van der Waals surface area contributed by atoms with Crippen LogP contribution in [0.25, 0.3) is 0 Å². The number of carbonyl (C=O) groups excluding carboxylic acids is 1. The summed E-state index contributed by atoms with van der Waals surface area (Å²) < 4.78 is 0. The third-order valence-corrected chi connectivity index (χ3v) is 2.69. The number of nitrogens with one attached hydrogen (secondary N) is 2. The smallest absolute Gasteiger partial charge is 0.300 e. The van der Waals surface area contributed by atoms with E-state index in [0.717, 1.165) is 0 Å². The summed E-state index contributed by atoms with van der Waals surface area (Å²) in [4.78, 5) is 28.9. The van der Waals surface area contributed by atoms with Gasteiger partial charge in [0, 0.05) is 12.4 Å². The van der Waals surface area contributed by atoms with Crippen LogP contribution in [0.3, 0.4) is 0 Å². The number of imidazole rings is 1. The third-order valence-electron chi connectivity index (χ3n) is 2.39. The largest absolute Gasteiger partial charge is 0.347 e. The number of hydrogen-bond donors (Lipinski definition) is 2. The van der Waals surface area contributed by atoms with Crippen molar-refractivity contribution in [1.82, 2.24) is 15.3 Å². The maximum Gasteiger partial charge on any atom is 0.300 e. The molecular formula is C11H9ClN4O3. The molecule has 0 saturated carbocycles. The van der Waals surface area contributed by atoms with Crippen LogP contribution in [0.15, 0.2) is 30.6 Å². The molecule has 0 radical (unpaired) electrons. The number of aromatic nitrogens is 2. The van der Waals surface area contributed by atoms with E-state index in [1.165, 1.54) is 18.2 Å². The van der Waals surface area contributed by atoms with E-state index in [1.807, 2.05) is 0 Å². The number of benzene rings is 1. The van der Waals surface area contributed by atoms with Gasteiger partial charge < -0.3 is 10.3 Å². The highest BCUT2D eigenvalue weighted by molar-refractivity contribution is 6.33. The van der Waals surface area contributed by atoms with Crippen LogP contribution in [0.5, 0.6) is 0 Å². The van der Waals surface area contributed by atoms with Crippen molar-refractivity contribution in [2.75, 3.05) is 0 Å². The normalized spacial score (nSPS) is 10.2. The molecule has 1 amide bonds. The molecule has 0 fully saturated rings. The Morgan fingerprint density at radius 2 is 2.32 bits per heavy atom. The van der Waals surface area contributed by atoms with Gasteiger partial charge in [0.05, 0.1) is 11.5 Å². The van der Waals surface area contributed by atoms with E-state index >= 15 is 0 Å². The minimum absolute atomic E-state index is 0.0735. The lowest BCUT2D eigenvalue weighted by atomic mass is 10.1. The molecule has 98 valence electrons. The van der Waals surface area contributed by atoms with Crippen LogP contribution in [0.2, 0.25) is 5.02 Å². The lowest BCUT2D eigenvalue weighted by Crippen LogP contribution is -2.24. The van der Waals surface area contributed by atoms with Crippen molar-refractivity contribution in [1.29, 1.82) is 0 Å². The first-order valence-corrected chi connectivity index (χ1v) is 5.66. The van der Waals surface area contributed by atoms with E-state index in [9.17, 15) is 14.9 Å². The first kappa shape index (κ1) is 13.0. The van der Waals surface area contributed by atoms with Crippen molar-refractivity contribution in [3.8, 4) is 0 Å². The van der Waals surface area contributed by atoms with Gasteiger partial charge in [0.2, 0.25) is 0 Å². The molecular weight excluding hydrogens is 272 g/mol. The summed E-state index contributed by atoms with van der Waals surface area (Å²) in [5.74, 6) is -0.0244. The number of halogens is 1. The van der Waals surface area contributed by atoms with Gasteiger partial charge in [0.15, 0.2) is 0 Å². The molecule has 1 heterocycles. The standard InChI is InChI=1S/C11H9ClN4O3/c12-8-3-1-2-7(10(8)16(18)19)11(17)15-6-9-13-4-5-14-9/h1-5H,6H2,(H,13,14)(H,15,17). The lowest BCUT2D eigenvalue weighted by molar-refractivity contribution is -0.385. The van der Waals surface area contributed by atoms with Gasteiger partial charge in [-0.2, -0.15) is 0 Å². The van der Waals surface area contributed by atoms with E-state index in [4.69, 9.17) is 11.6 Å². The van der Waals surface area contributed by atoms with E-state index in [2.05, 4.69) is 15.3 Å². The molecule has 7 nitrogen and oxygen atoms in total. The van der Waals surface area contributed by atoms with Crippen molar-refractivity contribution >= 4 is 23.2 Å². The van der Waals surface area contributed by atoms with Crippen LogP contribution in [0.4, 0.5) is 5.69 Å². The Hall–Kier alpha value is -2.41. The first-order chi connectivity index (χ1) is 9.09. The maximum absolute atomic E-state index is 11.9. The summed E-state index contributed by atoms with van der Waals surface area (Å²) in [6.45, 7) is 0.148. The Balaban J connectivity index is 2.19. The highest BCUT2D eigenvalue weighted by atomic mass is 35.5. The van der Waals surface area contributed by atoms with E-state index < -0.39 is 16.5 Å². The number of nitrogens with zero attached hydrogens (tertiary/aromatic N) is 2. The summed E-state index contributed by atoms with van der Waals surface area (Å²) in [5.41, 5.74) is -0.481. The molecule has 8 heteroatoms. The fourth-order valence-electron chi connectivity index (χ4n) is 1.54. The fourth-order valence-corrected chi connectivity index (χ4v) is 1.78. The average Bonchev–Trinajstić information content (AvgIpc) is 2.88. The number of H-pyrrole nitrogens is 1. The molecule has 0 bridgehead atoms. The van der Waals surface area contributed by atoms with Crippen molar-refractivity contribution in [2.45, 2.75) is 6.54 Å². The highest BCUT2D eigenvalue weighted by Crippen LogP contribution is 2.27. The molecule has 0 atom stereocenters. The highest BCUT2D eigenvalue weighted by Gasteiger charge is 2.23. The number of amides is 1. The predicted octanol–water partition coefficient (Wildman–Crippen LogP) is 1.90. The zero-order valence-electron chi connectivity index (χ0n) is 9.59. The summed E-state index contributed by atoms with van der Waals surface area (Å²) >= 11 is 5.73. The Morgan fingerprint density at radius 3 is 2.95 bits per heavy atom. The second kappa shape index (κ2) is 5.49. The predicted molar refractivity (Wildman–Crippen MR) is 67.9 cm³/mol. The van der Waals surface area contributed by atoms with Crippen LogP contribution in [0, 0.1) is 10.1 Å². The summed E-state index contributed by atoms with van der Waals surface area (Å²) in [6, 6.07) is 4.20. The molecule has 2 aromatic rings. The minimum atomic E-state index is -0.676. The third kappa shape index (κ3) is 2.89. The van der Waals surface area contributed by atoms with Gasteiger partial charge in [0.25, 0.3) is 5.91 Å². The number of aromatic amines is 1. The average molecular weight is 281 g/mol. The molecule has 19 heavy (non-hydrogen) atoms. The van der Waals surface area contributed by atoms with Gasteiger partial charge in [-0.1, -0.05) is 17.7 Å². The van der Waals surface area contributed by atoms with Crippen LogP contribution in [-0.2, 0) is 6.54 Å². The Kier molecular flexibility index (Phi) is 3.76. The van der Waals surface area contributed by atoms with Crippen molar-refractivity contribution < 1.29 is 9.72 Å². The molecule has 2 N–H and O–H groups in total. The van der Waals surface area contributed by atoms with Crippen molar-refractivity contribution in [2.24, 2.45) is 0 Å². The minimum Gasteiger partial charge on any atom is -0.347 e. The number of rotatable bonds is 4. The lowest BCUT2D eigenvalue weighted by Gasteiger charge is -2.05. The van der Waals surface area contributed by atoms with Crippen LogP contribution < -0.4 is 5.32 Å². The number of carbonyl (C=O) groups is 1. The van der Waals surface area contributed by atoms with Gasteiger partial charge >= 0.3 is 5.69 Å². The monoisotopic (exact) mass is 280 g/mol. The Labute approximate surface area is 112 Å². The second-order valence-electron chi connectivity index (χ2n) is 3.61. The van der Waals surface area contributed by atoms with Gasteiger partial charge in [-0.3, -0.25) is 14.9 Å². The molecule has 0 aliphatic carbocycles. The van der Waals surface area contributed by atoms with Crippen molar-refractivity contribution in [3.63, 3.8) is 0 Å². The van der Waals surface area contributed by atoms with Crippen LogP contribution >= 0.6 is 11.6 Å². The quantitative estimate of drug-likeness (QED) is 0.659. The Morgan fingerprint density at radius 1 is 1.53 bits per heavy atom. The number of para-hydroxylation sites is 1. The summed E-state index contributed by atoms with van der Waals surface area (Å²) in [6.07, 6.45) is 3.16. The fraction of sp³-hybridized carbons (Fsp3) is 0.0909. The van der Waals surface area contributed by atoms with Crippen LogP contribution in [0.1, 0.15) is 16.2 Å². The van der Waals surface area contributed by atoms with E-state index in [0.29, 0.717) is 5.82 Å².